The molecule has 136 valence electrons. The van der Waals surface area contributed by atoms with Gasteiger partial charge in [-0.3, -0.25) is 14.9 Å². The summed E-state index contributed by atoms with van der Waals surface area (Å²) in [7, 11) is 0. The van der Waals surface area contributed by atoms with Gasteiger partial charge in [0.25, 0.3) is 11.6 Å². The molecule has 0 bridgehead atoms. The van der Waals surface area contributed by atoms with E-state index in [0.29, 0.717) is 11.3 Å². The fraction of sp³-hybridized carbons (Fsp3) is 0.350. The number of aryl methyl sites for hydroxylation is 1. The van der Waals surface area contributed by atoms with Gasteiger partial charge in [0.15, 0.2) is 0 Å². The van der Waals surface area contributed by atoms with E-state index in [2.05, 4.69) is 17.1 Å². The van der Waals surface area contributed by atoms with Crippen molar-refractivity contribution in [3.8, 4) is 0 Å². The largest absolute Gasteiger partial charge is 0.372 e. The van der Waals surface area contributed by atoms with Gasteiger partial charge in [0.1, 0.15) is 0 Å². The van der Waals surface area contributed by atoms with Crippen LogP contribution in [0, 0.1) is 23.0 Å². The van der Waals surface area contributed by atoms with Crippen molar-refractivity contribution in [2.75, 3.05) is 23.3 Å². The van der Waals surface area contributed by atoms with E-state index in [0.717, 1.165) is 24.7 Å². The lowest BCUT2D eigenvalue weighted by atomic mass is 9.99. The van der Waals surface area contributed by atoms with E-state index in [1.807, 2.05) is 24.3 Å². The lowest BCUT2D eigenvalue weighted by molar-refractivity contribution is -0.385. The minimum atomic E-state index is -0.472. The van der Waals surface area contributed by atoms with Gasteiger partial charge in [-0.1, -0.05) is 13.0 Å². The van der Waals surface area contributed by atoms with Crippen LogP contribution in [-0.2, 0) is 0 Å². The van der Waals surface area contributed by atoms with Crippen LogP contribution < -0.4 is 10.2 Å². The lowest BCUT2D eigenvalue weighted by Gasteiger charge is -2.32. The molecule has 0 unspecified atom stereocenters. The first kappa shape index (κ1) is 17.9. The molecule has 1 amide bonds. The average molecular weight is 353 g/mol. The Kier molecular flexibility index (Phi) is 5.21. The van der Waals surface area contributed by atoms with Crippen LogP contribution in [0.15, 0.2) is 42.5 Å². The number of carbonyl (C=O) groups excluding carboxylic acids is 1. The number of hydrogen-bond donors (Lipinski definition) is 1. The summed E-state index contributed by atoms with van der Waals surface area (Å²) in [6, 6.07) is 12.2. The van der Waals surface area contributed by atoms with Crippen LogP contribution >= 0.6 is 0 Å². The summed E-state index contributed by atoms with van der Waals surface area (Å²) >= 11 is 0. The van der Waals surface area contributed by atoms with Crippen LogP contribution in [0.25, 0.3) is 0 Å². The quantitative estimate of drug-likeness (QED) is 0.653. The minimum absolute atomic E-state index is 0.0488. The van der Waals surface area contributed by atoms with E-state index in [-0.39, 0.29) is 17.2 Å². The molecule has 1 heterocycles. The van der Waals surface area contributed by atoms with E-state index < -0.39 is 4.92 Å². The van der Waals surface area contributed by atoms with Gasteiger partial charge < -0.3 is 10.2 Å². The number of nitrogens with one attached hydrogen (secondary N) is 1. The Morgan fingerprint density at radius 2 is 1.81 bits per heavy atom. The maximum Gasteiger partial charge on any atom is 0.273 e. The number of nitro benzene ring substituents is 1. The molecule has 6 nitrogen and oxygen atoms in total. The lowest BCUT2D eigenvalue weighted by Crippen LogP contribution is -2.32. The second kappa shape index (κ2) is 7.56. The van der Waals surface area contributed by atoms with Gasteiger partial charge in [-0.2, -0.15) is 0 Å². The molecule has 0 spiro atoms. The molecule has 0 aromatic heterocycles. The molecule has 6 heteroatoms. The zero-order chi connectivity index (χ0) is 18.7. The van der Waals surface area contributed by atoms with Gasteiger partial charge in [-0.15, -0.1) is 0 Å². The first-order valence-corrected chi connectivity index (χ1v) is 8.85. The first-order chi connectivity index (χ1) is 12.4. The Labute approximate surface area is 153 Å². The number of piperidine rings is 1. The minimum Gasteiger partial charge on any atom is -0.372 e. The summed E-state index contributed by atoms with van der Waals surface area (Å²) in [5.74, 6) is 0.427. The summed E-state index contributed by atoms with van der Waals surface area (Å²) in [4.78, 5) is 25.3. The number of benzene rings is 2. The third kappa shape index (κ3) is 4.02. The molecule has 0 aliphatic carbocycles. The zero-order valence-corrected chi connectivity index (χ0v) is 15.1. The predicted octanol–water partition coefficient (Wildman–Crippen LogP) is 4.39. The Balaban J connectivity index is 1.68. The Morgan fingerprint density at radius 3 is 2.42 bits per heavy atom. The molecule has 1 aliphatic heterocycles. The number of nitro groups is 1. The van der Waals surface area contributed by atoms with E-state index in [1.54, 1.807) is 19.1 Å². The highest BCUT2D eigenvalue weighted by molar-refractivity contribution is 6.04. The third-order valence-electron chi connectivity index (χ3n) is 4.94. The van der Waals surface area contributed by atoms with Gasteiger partial charge in [0.05, 0.1) is 4.92 Å². The SMILES string of the molecule is Cc1ccc(C(=O)Nc2ccc(N3CCC(C)CC3)cc2)cc1[N+](=O)[O-]. The smallest absolute Gasteiger partial charge is 0.273 e. The molecule has 3 rings (SSSR count). The van der Waals surface area contributed by atoms with Crippen LogP contribution in [-0.4, -0.2) is 23.9 Å². The summed E-state index contributed by atoms with van der Waals surface area (Å²) < 4.78 is 0. The molecule has 1 fully saturated rings. The molecule has 0 saturated carbocycles. The molecule has 1 saturated heterocycles. The number of amides is 1. The number of nitrogens with zero attached hydrogens (tertiary/aromatic N) is 2. The van der Waals surface area contributed by atoms with Crippen molar-refractivity contribution in [2.24, 2.45) is 5.92 Å². The van der Waals surface area contributed by atoms with Crippen molar-refractivity contribution in [2.45, 2.75) is 26.7 Å². The standard InChI is InChI=1S/C20H23N3O3/c1-14-9-11-22(12-10-14)18-7-5-17(6-8-18)21-20(24)16-4-3-15(2)19(13-16)23(25)26/h3-8,13-14H,9-12H2,1-2H3,(H,21,24). The first-order valence-electron chi connectivity index (χ1n) is 8.85. The molecule has 1 aliphatic rings. The van der Waals surface area contributed by atoms with E-state index in [9.17, 15) is 14.9 Å². The van der Waals surface area contributed by atoms with Crippen molar-refractivity contribution in [1.29, 1.82) is 0 Å². The molecular formula is C20H23N3O3. The van der Waals surface area contributed by atoms with Crippen molar-refractivity contribution in [1.82, 2.24) is 0 Å². The topological polar surface area (TPSA) is 75.5 Å². The molecule has 0 atom stereocenters. The summed E-state index contributed by atoms with van der Waals surface area (Å²) in [6.07, 6.45) is 2.40. The van der Waals surface area contributed by atoms with Gasteiger partial charge >= 0.3 is 0 Å². The molecule has 0 radical (unpaired) electrons. The van der Waals surface area contributed by atoms with Gasteiger partial charge in [0, 0.05) is 41.7 Å². The summed E-state index contributed by atoms with van der Waals surface area (Å²) in [6.45, 7) is 6.05. The highest BCUT2D eigenvalue weighted by Gasteiger charge is 2.17. The average Bonchev–Trinajstić information content (AvgIpc) is 2.63. The number of hydrogen-bond acceptors (Lipinski definition) is 4. The van der Waals surface area contributed by atoms with Crippen molar-refractivity contribution in [3.05, 3.63) is 63.7 Å². The molecule has 2 aromatic rings. The fourth-order valence-electron chi connectivity index (χ4n) is 3.17. The van der Waals surface area contributed by atoms with Crippen LogP contribution in [0.1, 0.15) is 35.7 Å². The molecule has 26 heavy (non-hydrogen) atoms. The van der Waals surface area contributed by atoms with Gasteiger partial charge in [0.2, 0.25) is 0 Å². The van der Waals surface area contributed by atoms with Crippen molar-refractivity contribution < 1.29 is 9.72 Å². The Hall–Kier alpha value is -2.89. The maximum atomic E-state index is 12.4. The highest BCUT2D eigenvalue weighted by Crippen LogP contribution is 2.25. The molecule has 1 N–H and O–H groups in total. The van der Waals surface area contributed by atoms with Crippen molar-refractivity contribution >= 4 is 23.0 Å². The van der Waals surface area contributed by atoms with Gasteiger partial charge in [-0.25, -0.2) is 0 Å². The van der Waals surface area contributed by atoms with E-state index in [4.69, 9.17) is 0 Å². The Morgan fingerprint density at radius 1 is 1.15 bits per heavy atom. The van der Waals surface area contributed by atoms with Crippen LogP contribution in [0.5, 0.6) is 0 Å². The van der Waals surface area contributed by atoms with Crippen LogP contribution in [0.4, 0.5) is 17.1 Å². The maximum absolute atomic E-state index is 12.4. The highest BCUT2D eigenvalue weighted by atomic mass is 16.6. The number of anilines is 2. The third-order valence-corrected chi connectivity index (χ3v) is 4.94. The van der Waals surface area contributed by atoms with Gasteiger partial charge in [-0.05, 0) is 56.0 Å². The molecule has 2 aromatic carbocycles. The van der Waals surface area contributed by atoms with Crippen molar-refractivity contribution in [3.63, 3.8) is 0 Å². The summed E-state index contributed by atoms with van der Waals surface area (Å²) in [5, 5.41) is 13.8. The number of rotatable bonds is 4. The van der Waals surface area contributed by atoms with Crippen LogP contribution in [0.3, 0.4) is 0 Å². The monoisotopic (exact) mass is 353 g/mol. The predicted molar refractivity (Wildman–Crippen MR) is 103 cm³/mol. The summed E-state index contributed by atoms with van der Waals surface area (Å²) in [5.41, 5.74) is 2.59. The zero-order valence-electron chi connectivity index (χ0n) is 15.1. The second-order valence-corrected chi connectivity index (χ2v) is 6.93. The number of carbonyl (C=O) groups is 1. The fourth-order valence-corrected chi connectivity index (χ4v) is 3.17. The van der Waals surface area contributed by atoms with E-state index >= 15 is 0 Å². The van der Waals surface area contributed by atoms with Crippen LogP contribution in [0.2, 0.25) is 0 Å². The Bertz CT molecular complexity index is 810. The normalized spacial score (nSPS) is 14.9. The second-order valence-electron chi connectivity index (χ2n) is 6.93. The molecular weight excluding hydrogens is 330 g/mol. The van der Waals surface area contributed by atoms with E-state index in [1.165, 1.54) is 18.9 Å².